The summed E-state index contributed by atoms with van der Waals surface area (Å²) in [6.07, 6.45) is 8.40. The highest BCUT2D eigenvalue weighted by molar-refractivity contribution is 7.88. The molecule has 2 aliphatic rings. The Labute approximate surface area is 150 Å². The van der Waals surface area contributed by atoms with Gasteiger partial charge in [0.1, 0.15) is 0 Å². The lowest BCUT2D eigenvalue weighted by Gasteiger charge is -2.47. The van der Waals surface area contributed by atoms with Gasteiger partial charge in [-0.2, -0.15) is 0 Å². The lowest BCUT2D eigenvalue weighted by atomic mass is 9.77. The van der Waals surface area contributed by atoms with Crippen LogP contribution in [0.15, 0.2) is 30.3 Å². The van der Waals surface area contributed by atoms with Crippen LogP contribution in [0.25, 0.3) is 5.57 Å². The standard InChI is InChI=1S/C19H28N2O3S/c1-21(25(2,23)24)12-17-19(18(13-22)20-17)16-10-8-15(9-11-16)14-6-4-3-5-7-14/h6,8-11,17-20,22H,3-5,7,12-13H2,1-2H3/t17-,18+,19+/m1/s1. The van der Waals surface area contributed by atoms with Gasteiger partial charge in [-0.1, -0.05) is 30.3 Å². The van der Waals surface area contributed by atoms with E-state index in [9.17, 15) is 13.5 Å². The molecule has 0 amide bonds. The number of nitrogens with zero attached hydrogens (tertiary/aromatic N) is 1. The SMILES string of the molecule is CN(C[C@H]1N[C@@H](CO)[C@H]1c1ccc(C2=CCCCC2)cc1)S(C)(=O)=O. The molecule has 3 atom stereocenters. The first-order valence-electron chi connectivity index (χ1n) is 8.97. The maximum atomic E-state index is 11.7. The van der Waals surface area contributed by atoms with E-state index in [1.807, 2.05) is 0 Å². The van der Waals surface area contributed by atoms with Crippen LogP contribution in [-0.4, -0.2) is 56.4 Å². The van der Waals surface area contributed by atoms with E-state index in [4.69, 9.17) is 0 Å². The Bertz CT molecular complexity index is 728. The highest BCUT2D eigenvalue weighted by Gasteiger charge is 2.42. The van der Waals surface area contributed by atoms with Gasteiger partial charge in [-0.05, 0) is 42.4 Å². The van der Waals surface area contributed by atoms with E-state index in [1.165, 1.54) is 34.5 Å². The average molecular weight is 365 g/mol. The van der Waals surface area contributed by atoms with Gasteiger partial charge >= 0.3 is 0 Å². The van der Waals surface area contributed by atoms with Gasteiger partial charge in [0, 0.05) is 31.6 Å². The lowest BCUT2D eigenvalue weighted by Crippen LogP contribution is -2.64. The van der Waals surface area contributed by atoms with Gasteiger partial charge in [0.2, 0.25) is 10.0 Å². The zero-order valence-electron chi connectivity index (χ0n) is 15.0. The number of hydrogen-bond donors (Lipinski definition) is 2. The molecule has 1 aliphatic heterocycles. The minimum absolute atomic E-state index is 0.0160. The topological polar surface area (TPSA) is 69.6 Å². The maximum Gasteiger partial charge on any atom is 0.211 e. The molecule has 1 saturated heterocycles. The molecule has 2 N–H and O–H groups in total. The predicted molar refractivity (Wildman–Crippen MR) is 101 cm³/mol. The van der Waals surface area contributed by atoms with Crippen molar-refractivity contribution in [3.63, 3.8) is 0 Å². The Morgan fingerprint density at radius 2 is 1.92 bits per heavy atom. The quantitative estimate of drug-likeness (QED) is 0.809. The Balaban J connectivity index is 1.74. The van der Waals surface area contributed by atoms with Crippen LogP contribution in [0.4, 0.5) is 0 Å². The van der Waals surface area contributed by atoms with E-state index in [2.05, 4.69) is 35.7 Å². The number of likely N-dealkylation sites (N-methyl/N-ethyl adjacent to an activating group) is 1. The molecular weight excluding hydrogens is 336 g/mol. The minimum atomic E-state index is -3.20. The number of aliphatic hydroxyl groups excluding tert-OH is 1. The van der Waals surface area contributed by atoms with Crippen LogP contribution in [0.5, 0.6) is 0 Å². The number of hydrogen-bond acceptors (Lipinski definition) is 4. The van der Waals surface area contributed by atoms with Crippen LogP contribution < -0.4 is 5.32 Å². The van der Waals surface area contributed by atoms with Crippen molar-refractivity contribution in [1.29, 1.82) is 0 Å². The minimum Gasteiger partial charge on any atom is -0.395 e. The number of rotatable bonds is 6. The van der Waals surface area contributed by atoms with Crippen molar-refractivity contribution >= 4 is 15.6 Å². The van der Waals surface area contributed by atoms with Crippen LogP contribution >= 0.6 is 0 Å². The largest absolute Gasteiger partial charge is 0.395 e. The molecule has 6 heteroatoms. The molecule has 0 spiro atoms. The highest BCUT2D eigenvalue weighted by atomic mass is 32.2. The molecule has 0 saturated carbocycles. The van der Waals surface area contributed by atoms with Gasteiger partial charge in [-0.25, -0.2) is 12.7 Å². The lowest BCUT2D eigenvalue weighted by molar-refractivity contribution is 0.118. The van der Waals surface area contributed by atoms with E-state index in [-0.39, 0.29) is 24.6 Å². The van der Waals surface area contributed by atoms with Gasteiger partial charge in [0.25, 0.3) is 0 Å². The fraction of sp³-hybridized carbons (Fsp3) is 0.579. The summed E-state index contributed by atoms with van der Waals surface area (Å²) in [6.45, 7) is 0.462. The zero-order chi connectivity index (χ0) is 18.0. The Hall–Kier alpha value is -1.21. The second kappa shape index (κ2) is 7.58. The molecule has 1 fully saturated rings. The van der Waals surface area contributed by atoms with Crippen molar-refractivity contribution in [3.8, 4) is 0 Å². The maximum absolute atomic E-state index is 11.7. The molecule has 1 aromatic rings. The predicted octanol–water partition coefficient (Wildman–Crippen LogP) is 1.95. The smallest absolute Gasteiger partial charge is 0.211 e. The summed E-state index contributed by atoms with van der Waals surface area (Å²) in [5.74, 6) is 0.128. The zero-order valence-corrected chi connectivity index (χ0v) is 15.8. The molecule has 0 radical (unpaired) electrons. The van der Waals surface area contributed by atoms with Gasteiger partial charge in [0.05, 0.1) is 12.9 Å². The van der Waals surface area contributed by atoms with E-state index in [0.29, 0.717) is 6.54 Å². The summed E-state index contributed by atoms with van der Waals surface area (Å²) in [5.41, 5.74) is 3.86. The molecule has 1 aliphatic carbocycles. The van der Waals surface area contributed by atoms with Gasteiger partial charge in [-0.3, -0.25) is 0 Å². The molecule has 0 unspecified atom stereocenters. The summed E-state index contributed by atoms with van der Waals surface area (Å²) < 4.78 is 24.7. The fourth-order valence-corrected chi connectivity index (χ4v) is 4.30. The number of allylic oxidation sites excluding steroid dienone is 2. The van der Waals surface area contributed by atoms with E-state index >= 15 is 0 Å². The summed E-state index contributed by atoms with van der Waals surface area (Å²) in [5, 5.41) is 12.9. The van der Waals surface area contributed by atoms with Crippen molar-refractivity contribution < 1.29 is 13.5 Å². The average Bonchev–Trinajstić information content (AvgIpc) is 2.58. The first kappa shape index (κ1) is 18.6. The Kier molecular flexibility index (Phi) is 5.63. The second-order valence-electron chi connectivity index (χ2n) is 7.23. The molecule has 25 heavy (non-hydrogen) atoms. The van der Waals surface area contributed by atoms with Crippen LogP contribution in [0.2, 0.25) is 0 Å². The molecule has 1 heterocycles. The van der Waals surface area contributed by atoms with Crippen LogP contribution in [0.1, 0.15) is 42.7 Å². The molecule has 138 valence electrons. The number of benzene rings is 1. The third kappa shape index (κ3) is 4.14. The van der Waals surface area contributed by atoms with Crippen LogP contribution in [0.3, 0.4) is 0 Å². The number of sulfonamides is 1. The fourth-order valence-electron chi connectivity index (χ4n) is 3.87. The van der Waals surface area contributed by atoms with Gasteiger partial charge in [-0.15, -0.1) is 0 Å². The summed E-state index contributed by atoms with van der Waals surface area (Å²) in [7, 11) is -1.61. The molecule has 0 aromatic heterocycles. The second-order valence-corrected chi connectivity index (χ2v) is 9.32. The molecule has 0 bridgehead atoms. The van der Waals surface area contributed by atoms with E-state index < -0.39 is 10.0 Å². The third-order valence-corrected chi connectivity index (χ3v) is 6.75. The Morgan fingerprint density at radius 3 is 2.48 bits per heavy atom. The van der Waals surface area contributed by atoms with Crippen molar-refractivity contribution in [3.05, 3.63) is 41.5 Å². The normalized spacial score (nSPS) is 27.0. The van der Waals surface area contributed by atoms with Crippen LogP contribution in [0, 0.1) is 0 Å². The van der Waals surface area contributed by atoms with Crippen molar-refractivity contribution in [2.45, 2.75) is 43.7 Å². The molecular formula is C19H28N2O3S. The summed E-state index contributed by atoms with van der Waals surface area (Å²) >= 11 is 0. The third-order valence-electron chi connectivity index (χ3n) is 5.47. The molecule has 3 rings (SSSR count). The summed E-state index contributed by atoms with van der Waals surface area (Å²) in [4.78, 5) is 0. The van der Waals surface area contributed by atoms with Crippen molar-refractivity contribution in [2.24, 2.45) is 0 Å². The summed E-state index contributed by atoms with van der Waals surface area (Å²) in [6, 6.07) is 8.60. The number of nitrogens with one attached hydrogen (secondary N) is 1. The highest BCUT2D eigenvalue weighted by Crippen LogP contribution is 2.34. The Morgan fingerprint density at radius 1 is 1.20 bits per heavy atom. The van der Waals surface area contributed by atoms with Crippen LogP contribution in [-0.2, 0) is 10.0 Å². The first-order valence-corrected chi connectivity index (χ1v) is 10.8. The molecule has 5 nitrogen and oxygen atoms in total. The van der Waals surface area contributed by atoms with E-state index in [0.717, 1.165) is 18.4 Å². The monoisotopic (exact) mass is 364 g/mol. The molecule has 1 aromatic carbocycles. The van der Waals surface area contributed by atoms with E-state index in [1.54, 1.807) is 7.05 Å². The number of aliphatic hydroxyl groups is 1. The van der Waals surface area contributed by atoms with Gasteiger partial charge < -0.3 is 10.4 Å². The van der Waals surface area contributed by atoms with Crippen molar-refractivity contribution in [1.82, 2.24) is 9.62 Å². The van der Waals surface area contributed by atoms with Crippen molar-refractivity contribution in [2.75, 3.05) is 26.5 Å². The first-order chi connectivity index (χ1) is 11.9. The van der Waals surface area contributed by atoms with Gasteiger partial charge in [0.15, 0.2) is 0 Å².